The Kier molecular flexibility index (Phi) is 5.36. The summed E-state index contributed by atoms with van der Waals surface area (Å²) in [4.78, 5) is 30.9. The number of carbonyl (C=O) groups excluding carboxylic acids is 2. The van der Waals surface area contributed by atoms with Crippen molar-refractivity contribution in [1.29, 1.82) is 0 Å². The van der Waals surface area contributed by atoms with Gasteiger partial charge in [0.25, 0.3) is 5.91 Å². The fourth-order valence-electron chi connectivity index (χ4n) is 3.28. The first-order valence-electron chi connectivity index (χ1n) is 8.61. The molecular weight excluding hydrogens is 363 g/mol. The topological polar surface area (TPSA) is 104 Å². The van der Waals surface area contributed by atoms with Crippen molar-refractivity contribution in [3.63, 3.8) is 0 Å². The summed E-state index contributed by atoms with van der Waals surface area (Å²) in [5.41, 5.74) is 9.78. The Balaban J connectivity index is 1.73. The number of carbonyl (C=O) groups is 2. The van der Waals surface area contributed by atoms with E-state index in [-0.39, 0.29) is 12.1 Å². The fourth-order valence-corrected chi connectivity index (χ4v) is 3.28. The Morgan fingerprint density at radius 1 is 1.41 bits per heavy atom. The van der Waals surface area contributed by atoms with Gasteiger partial charge in [-0.15, -0.1) is 0 Å². The number of primary amides is 1. The van der Waals surface area contributed by atoms with Crippen LogP contribution in [0.25, 0.3) is 11.0 Å². The minimum Gasteiger partial charge on any atom is -0.365 e. The van der Waals surface area contributed by atoms with Gasteiger partial charge in [-0.05, 0) is 18.9 Å². The Labute approximate surface area is 153 Å². The molecule has 0 spiro atoms. The molecule has 0 aliphatic carbocycles. The molecule has 10 heteroatoms. The molecule has 3 rings (SSSR count). The number of alkyl halides is 3. The van der Waals surface area contributed by atoms with Gasteiger partial charge in [-0.1, -0.05) is 0 Å². The van der Waals surface area contributed by atoms with Crippen LogP contribution in [0.5, 0.6) is 0 Å². The second kappa shape index (κ2) is 7.55. The van der Waals surface area contributed by atoms with E-state index in [1.807, 2.05) is 0 Å². The minimum absolute atomic E-state index is 0.202. The van der Waals surface area contributed by atoms with Crippen molar-refractivity contribution in [3.05, 3.63) is 24.0 Å². The third-order valence-corrected chi connectivity index (χ3v) is 4.65. The van der Waals surface area contributed by atoms with Crippen LogP contribution in [-0.4, -0.2) is 45.9 Å². The number of fused-ring (bicyclic) bond motifs is 1. The molecule has 0 bridgehead atoms. The summed E-state index contributed by atoms with van der Waals surface area (Å²) >= 11 is 0. The number of anilines is 1. The van der Waals surface area contributed by atoms with E-state index in [0.717, 1.165) is 0 Å². The highest BCUT2D eigenvalue weighted by atomic mass is 19.4. The van der Waals surface area contributed by atoms with E-state index in [1.165, 1.54) is 6.20 Å². The molecule has 1 fully saturated rings. The van der Waals surface area contributed by atoms with Crippen LogP contribution in [-0.2, 0) is 4.79 Å². The third kappa shape index (κ3) is 4.57. The number of ketones is 1. The van der Waals surface area contributed by atoms with Crippen LogP contribution >= 0.6 is 0 Å². The van der Waals surface area contributed by atoms with Crippen LogP contribution in [0.15, 0.2) is 18.5 Å². The molecule has 0 saturated carbocycles. The Bertz CT molecular complexity index is 849. The summed E-state index contributed by atoms with van der Waals surface area (Å²) in [5, 5.41) is 2.41. The maximum atomic E-state index is 12.4. The first-order valence-corrected chi connectivity index (χ1v) is 8.61. The number of hydrogen-bond acceptors (Lipinski definition) is 5. The molecule has 0 unspecified atom stereocenters. The highest BCUT2D eigenvalue weighted by molar-refractivity contribution is 6.05. The van der Waals surface area contributed by atoms with Crippen LogP contribution in [0.4, 0.5) is 18.9 Å². The normalized spacial score (nSPS) is 18.6. The first kappa shape index (κ1) is 19.2. The molecule has 27 heavy (non-hydrogen) atoms. The van der Waals surface area contributed by atoms with Gasteiger partial charge >= 0.3 is 6.18 Å². The summed E-state index contributed by atoms with van der Waals surface area (Å²) in [7, 11) is 0. The van der Waals surface area contributed by atoms with E-state index in [9.17, 15) is 22.8 Å². The highest BCUT2D eigenvalue weighted by Crippen LogP contribution is 2.28. The number of aromatic amines is 1. The number of amides is 1. The van der Waals surface area contributed by atoms with Crippen LogP contribution in [0.1, 0.15) is 36.0 Å². The van der Waals surface area contributed by atoms with Gasteiger partial charge in [0.15, 0.2) is 0 Å². The van der Waals surface area contributed by atoms with Crippen molar-refractivity contribution in [1.82, 2.24) is 15.0 Å². The smallest absolute Gasteiger partial charge is 0.365 e. The van der Waals surface area contributed by atoms with Crippen LogP contribution in [0.3, 0.4) is 0 Å². The zero-order valence-corrected chi connectivity index (χ0v) is 14.5. The molecule has 1 aliphatic rings. The molecule has 0 aromatic carbocycles. The van der Waals surface area contributed by atoms with Crippen molar-refractivity contribution in [2.75, 3.05) is 18.5 Å². The van der Waals surface area contributed by atoms with Crippen molar-refractivity contribution < 1.29 is 22.8 Å². The van der Waals surface area contributed by atoms with Gasteiger partial charge in [0.1, 0.15) is 11.4 Å². The number of pyridine rings is 1. The molecular formula is C17H20F3N5O2. The van der Waals surface area contributed by atoms with Crippen molar-refractivity contribution in [2.45, 2.75) is 31.9 Å². The number of hydrogen-bond donors (Lipinski definition) is 3. The zero-order valence-electron chi connectivity index (χ0n) is 14.5. The fraction of sp³-hybridized carbons (Fsp3) is 0.471. The van der Waals surface area contributed by atoms with E-state index >= 15 is 0 Å². The molecule has 1 atom stereocenters. The SMILES string of the molecule is NC(=O)c1cnc2[nH]ccc2c1NN1CCC[C@H](C(=O)CCC(F)(F)F)C1. The number of nitrogens with one attached hydrogen (secondary N) is 2. The molecule has 4 N–H and O–H groups in total. The summed E-state index contributed by atoms with van der Waals surface area (Å²) in [5.74, 6) is -1.52. The molecule has 1 aliphatic heterocycles. The van der Waals surface area contributed by atoms with E-state index in [4.69, 9.17) is 5.73 Å². The number of piperidine rings is 1. The standard InChI is InChI=1S/C17H20F3N5O2/c18-17(19,20)5-3-13(26)10-2-1-7-25(9-10)24-14-11-4-6-22-16(11)23-8-12(14)15(21)27/h4,6,8,10H,1-3,5,7,9H2,(H2,21,27)(H2,22,23,24)/t10-/m0/s1. The Morgan fingerprint density at radius 2 is 2.19 bits per heavy atom. The lowest BCUT2D eigenvalue weighted by molar-refractivity contribution is -0.145. The molecule has 1 saturated heterocycles. The summed E-state index contributed by atoms with van der Waals surface area (Å²) in [6, 6.07) is 1.74. The number of H-pyrrole nitrogens is 1. The maximum Gasteiger partial charge on any atom is 0.389 e. The van der Waals surface area contributed by atoms with Gasteiger partial charge in [-0.25, -0.2) is 9.99 Å². The molecule has 7 nitrogen and oxygen atoms in total. The Hall–Kier alpha value is -2.62. The molecule has 146 valence electrons. The van der Waals surface area contributed by atoms with Crippen LogP contribution in [0, 0.1) is 5.92 Å². The number of nitrogens with zero attached hydrogens (tertiary/aromatic N) is 2. The number of nitrogens with two attached hydrogens (primary N) is 1. The largest absolute Gasteiger partial charge is 0.389 e. The summed E-state index contributed by atoms with van der Waals surface area (Å²) in [6.45, 7) is 0.860. The second-order valence-corrected chi connectivity index (χ2v) is 6.63. The average molecular weight is 383 g/mol. The van der Waals surface area contributed by atoms with E-state index in [0.29, 0.717) is 36.1 Å². The van der Waals surface area contributed by atoms with E-state index in [2.05, 4.69) is 15.4 Å². The predicted molar refractivity (Wildman–Crippen MR) is 92.8 cm³/mol. The Morgan fingerprint density at radius 3 is 2.89 bits per heavy atom. The summed E-state index contributed by atoms with van der Waals surface area (Å²) in [6.07, 6.45) is -1.71. The average Bonchev–Trinajstić information content (AvgIpc) is 3.08. The maximum absolute atomic E-state index is 12.4. The van der Waals surface area contributed by atoms with Gasteiger partial charge < -0.3 is 16.1 Å². The number of halogens is 3. The molecule has 2 aromatic heterocycles. The number of hydrazine groups is 1. The van der Waals surface area contributed by atoms with Crippen LogP contribution in [0.2, 0.25) is 0 Å². The molecule has 0 radical (unpaired) electrons. The molecule has 1 amide bonds. The lowest BCUT2D eigenvalue weighted by Crippen LogP contribution is -2.42. The second-order valence-electron chi connectivity index (χ2n) is 6.63. The zero-order chi connectivity index (χ0) is 19.6. The quantitative estimate of drug-likeness (QED) is 0.711. The minimum atomic E-state index is -4.34. The van der Waals surface area contributed by atoms with Crippen molar-refractivity contribution in [3.8, 4) is 0 Å². The lowest BCUT2D eigenvalue weighted by atomic mass is 9.92. The lowest BCUT2D eigenvalue weighted by Gasteiger charge is -2.33. The van der Waals surface area contributed by atoms with Crippen molar-refractivity contribution >= 4 is 28.4 Å². The number of rotatable bonds is 6. The van der Waals surface area contributed by atoms with Crippen molar-refractivity contribution in [2.24, 2.45) is 11.7 Å². The van der Waals surface area contributed by atoms with Crippen LogP contribution < -0.4 is 11.2 Å². The first-order chi connectivity index (χ1) is 12.7. The van der Waals surface area contributed by atoms with Gasteiger partial charge in [-0.2, -0.15) is 13.2 Å². The van der Waals surface area contributed by atoms with E-state index in [1.54, 1.807) is 17.3 Å². The molecule has 2 aromatic rings. The van der Waals surface area contributed by atoms with Gasteiger partial charge in [-0.3, -0.25) is 9.59 Å². The third-order valence-electron chi connectivity index (χ3n) is 4.65. The number of aromatic nitrogens is 2. The predicted octanol–water partition coefficient (Wildman–Crippen LogP) is 2.61. The highest BCUT2D eigenvalue weighted by Gasteiger charge is 2.32. The van der Waals surface area contributed by atoms with Gasteiger partial charge in [0.2, 0.25) is 0 Å². The summed E-state index contributed by atoms with van der Waals surface area (Å²) < 4.78 is 37.1. The monoisotopic (exact) mass is 383 g/mol. The van der Waals surface area contributed by atoms with E-state index < -0.39 is 36.6 Å². The van der Waals surface area contributed by atoms with Gasteiger partial charge in [0, 0.05) is 43.2 Å². The van der Waals surface area contributed by atoms with Gasteiger partial charge in [0.05, 0.1) is 17.7 Å². The molecule has 3 heterocycles. The number of Topliss-reactive ketones (excluding diaryl/α,β-unsaturated/α-hetero) is 1.